The molecule has 4 nitrogen and oxygen atoms in total. The van der Waals surface area contributed by atoms with E-state index in [9.17, 15) is 8.78 Å². The molecule has 2 rings (SSSR count). The van der Waals surface area contributed by atoms with Crippen molar-refractivity contribution in [2.24, 2.45) is 0 Å². The van der Waals surface area contributed by atoms with Gasteiger partial charge < -0.3 is 9.47 Å². The van der Waals surface area contributed by atoms with Gasteiger partial charge in [-0.05, 0) is 19.1 Å². The predicted molar refractivity (Wildman–Crippen MR) is 68.8 cm³/mol. The van der Waals surface area contributed by atoms with E-state index in [4.69, 9.17) is 21.1 Å². The van der Waals surface area contributed by atoms with Crippen LogP contribution in [-0.2, 0) is 11.3 Å². The highest BCUT2D eigenvalue weighted by Crippen LogP contribution is 2.25. The van der Waals surface area contributed by atoms with E-state index in [1.807, 2.05) is 6.92 Å². The van der Waals surface area contributed by atoms with Gasteiger partial charge in [-0.3, -0.25) is 0 Å². The molecule has 0 saturated carbocycles. The number of halogens is 3. The fraction of sp³-hybridized carbons (Fsp3) is 0.231. The SMILES string of the molecule is CCOCc1nc(Cl)cc(Oc2cccc(F)c2F)n1. The van der Waals surface area contributed by atoms with Crippen molar-refractivity contribution in [3.63, 3.8) is 0 Å². The molecule has 0 atom stereocenters. The maximum absolute atomic E-state index is 13.5. The number of aromatic nitrogens is 2. The van der Waals surface area contributed by atoms with Crippen molar-refractivity contribution in [2.45, 2.75) is 13.5 Å². The number of rotatable bonds is 5. The Balaban J connectivity index is 2.24. The van der Waals surface area contributed by atoms with E-state index in [-0.39, 0.29) is 23.4 Å². The second-order valence-electron chi connectivity index (χ2n) is 3.74. The summed E-state index contributed by atoms with van der Waals surface area (Å²) in [6.07, 6.45) is 0. The van der Waals surface area contributed by atoms with Crippen LogP contribution in [0.5, 0.6) is 11.6 Å². The molecule has 0 aliphatic rings. The van der Waals surface area contributed by atoms with E-state index >= 15 is 0 Å². The molecule has 2 aromatic rings. The minimum absolute atomic E-state index is 0.0178. The smallest absolute Gasteiger partial charge is 0.224 e. The molecule has 0 bridgehead atoms. The summed E-state index contributed by atoms with van der Waals surface area (Å²) in [6, 6.07) is 4.92. The molecule has 0 aliphatic heterocycles. The topological polar surface area (TPSA) is 44.2 Å². The number of hydrogen-bond donors (Lipinski definition) is 0. The summed E-state index contributed by atoms with van der Waals surface area (Å²) in [5.41, 5.74) is 0. The standard InChI is InChI=1S/C13H11ClF2N2O2/c1-2-19-7-11-17-10(14)6-12(18-11)20-9-5-3-4-8(15)13(9)16/h3-6H,2,7H2,1H3. The van der Waals surface area contributed by atoms with Gasteiger partial charge in [0.2, 0.25) is 11.7 Å². The van der Waals surface area contributed by atoms with Crippen molar-refractivity contribution < 1.29 is 18.3 Å². The Morgan fingerprint density at radius 1 is 1.25 bits per heavy atom. The third kappa shape index (κ3) is 3.61. The quantitative estimate of drug-likeness (QED) is 0.789. The zero-order valence-electron chi connectivity index (χ0n) is 10.6. The van der Waals surface area contributed by atoms with Crippen molar-refractivity contribution in [3.8, 4) is 11.6 Å². The summed E-state index contributed by atoms with van der Waals surface area (Å²) in [6.45, 7) is 2.47. The number of hydrogen-bond acceptors (Lipinski definition) is 4. The third-order valence-corrected chi connectivity index (χ3v) is 2.48. The molecule has 0 amide bonds. The van der Waals surface area contributed by atoms with E-state index in [1.54, 1.807) is 0 Å². The Morgan fingerprint density at radius 2 is 2.05 bits per heavy atom. The van der Waals surface area contributed by atoms with Crippen LogP contribution in [0.15, 0.2) is 24.3 Å². The Bertz CT molecular complexity index is 611. The van der Waals surface area contributed by atoms with Crippen LogP contribution in [0.1, 0.15) is 12.7 Å². The Hall–Kier alpha value is -1.79. The summed E-state index contributed by atoms with van der Waals surface area (Å²) >= 11 is 5.81. The first-order chi connectivity index (χ1) is 9.60. The highest BCUT2D eigenvalue weighted by atomic mass is 35.5. The van der Waals surface area contributed by atoms with Gasteiger partial charge in [0.05, 0.1) is 0 Å². The Labute approximate surface area is 119 Å². The Kier molecular flexibility index (Phi) is 4.81. The average Bonchev–Trinajstić information content (AvgIpc) is 2.41. The van der Waals surface area contributed by atoms with Crippen molar-refractivity contribution in [1.29, 1.82) is 0 Å². The molecule has 106 valence electrons. The van der Waals surface area contributed by atoms with Crippen molar-refractivity contribution in [3.05, 3.63) is 46.9 Å². The molecular formula is C13H11ClF2N2O2. The van der Waals surface area contributed by atoms with Crippen molar-refractivity contribution in [1.82, 2.24) is 9.97 Å². The van der Waals surface area contributed by atoms with Gasteiger partial charge in [-0.2, -0.15) is 9.37 Å². The van der Waals surface area contributed by atoms with E-state index in [0.29, 0.717) is 12.4 Å². The largest absolute Gasteiger partial charge is 0.436 e. The fourth-order valence-electron chi connectivity index (χ4n) is 1.43. The van der Waals surface area contributed by atoms with E-state index in [0.717, 1.165) is 6.07 Å². The minimum atomic E-state index is -1.09. The Morgan fingerprint density at radius 3 is 2.80 bits per heavy atom. The van der Waals surface area contributed by atoms with Gasteiger partial charge in [-0.25, -0.2) is 9.37 Å². The summed E-state index contributed by atoms with van der Waals surface area (Å²) in [4.78, 5) is 7.94. The normalized spacial score (nSPS) is 10.6. The zero-order chi connectivity index (χ0) is 14.5. The zero-order valence-corrected chi connectivity index (χ0v) is 11.3. The number of nitrogens with zero attached hydrogens (tertiary/aromatic N) is 2. The van der Waals surface area contributed by atoms with Gasteiger partial charge in [-0.1, -0.05) is 17.7 Å². The summed E-state index contributed by atoms with van der Waals surface area (Å²) in [7, 11) is 0. The van der Waals surface area contributed by atoms with E-state index in [2.05, 4.69) is 9.97 Å². The van der Waals surface area contributed by atoms with Crippen LogP contribution in [0.2, 0.25) is 5.15 Å². The number of benzene rings is 1. The number of ether oxygens (including phenoxy) is 2. The first kappa shape index (κ1) is 14.6. The lowest BCUT2D eigenvalue weighted by Gasteiger charge is -2.08. The maximum atomic E-state index is 13.5. The molecule has 1 heterocycles. The molecule has 0 saturated heterocycles. The third-order valence-electron chi connectivity index (χ3n) is 2.28. The van der Waals surface area contributed by atoms with Crippen molar-refractivity contribution >= 4 is 11.6 Å². The molecule has 0 fully saturated rings. The lowest BCUT2D eigenvalue weighted by atomic mass is 10.3. The molecule has 20 heavy (non-hydrogen) atoms. The van der Waals surface area contributed by atoms with Crippen LogP contribution in [0.3, 0.4) is 0 Å². The summed E-state index contributed by atoms with van der Waals surface area (Å²) in [5.74, 6) is -2.05. The predicted octanol–water partition coefficient (Wildman–Crippen LogP) is 3.74. The average molecular weight is 301 g/mol. The van der Waals surface area contributed by atoms with Gasteiger partial charge in [0.25, 0.3) is 0 Å². The van der Waals surface area contributed by atoms with E-state index in [1.165, 1.54) is 18.2 Å². The second-order valence-corrected chi connectivity index (χ2v) is 4.12. The molecule has 0 unspecified atom stereocenters. The van der Waals surface area contributed by atoms with Gasteiger partial charge in [-0.15, -0.1) is 0 Å². The molecule has 0 N–H and O–H groups in total. The van der Waals surface area contributed by atoms with Crippen LogP contribution in [0, 0.1) is 11.6 Å². The van der Waals surface area contributed by atoms with Crippen LogP contribution >= 0.6 is 11.6 Å². The lowest BCUT2D eigenvalue weighted by Crippen LogP contribution is -2.01. The van der Waals surface area contributed by atoms with Gasteiger partial charge in [0.1, 0.15) is 11.8 Å². The van der Waals surface area contributed by atoms with Crippen LogP contribution < -0.4 is 4.74 Å². The lowest BCUT2D eigenvalue weighted by molar-refractivity contribution is 0.127. The molecule has 0 spiro atoms. The molecule has 0 radical (unpaired) electrons. The highest BCUT2D eigenvalue weighted by Gasteiger charge is 2.12. The van der Waals surface area contributed by atoms with Crippen LogP contribution in [0.25, 0.3) is 0 Å². The molecule has 1 aromatic carbocycles. The molecular weight excluding hydrogens is 290 g/mol. The van der Waals surface area contributed by atoms with Crippen molar-refractivity contribution in [2.75, 3.05) is 6.61 Å². The maximum Gasteiger partial charge on any atom is 0.224 e. The summed E-state index contributed by atoms with van der Waals surface area (Å²) in [5, 5.41) is 0.126. The van der Waals surface area contributed by atoms with Crippen LogP contribution in [0.4, 0.5) is 8.78 Å². The first-order valence-electron chi connectivity index (χ1n) is 5.83. The van der Waals surface area contributed by atoms with Crippen LogP contribution in [-0.4, -0.2) is 16.6 Å². The first-order valence-corrected chi connectivity index (χ1v) is 6.21. The molecule has 0 aliphatic carbocycles. The monoisotopic (exact) mass is 300 g/mol. The second kappa shape index (κ2) is 6.58. The van der Waals surface area contributed by atoms with Gasteiger partial charge in [0.15, 0.2) is 17.4 Å². The fourth-order valence-corrected chi connectivity index (χ4v) is 1.62. The highest BCUT2D eigenvalue weighted by molar-refractivity contribution is 6.29. The minimum Gasteiger partial charge on any atom is -0.436 e. The van der Waals surface area contributed by atoms with E-state index < -0.39 is 11.6 Å². The summed E-state index contributed by atoms with van der Waals surface area (Å²) < 4.78 is 36.9. The van der Waals surface area contributed by atoms with Gasteiger partial charge in [0, 0.05) is 12.7 Å². The molecule has 1 aromatic heterocycles. The van der Waals surface area contributed by atoms with Gasteiger partial charge >= 0.3 is 0 Å². The molecule has 7 heteroatoms.